The van der Waals surface area contributed by atoms with Crippen LogP contribution in [-0.2, 0) is 12.7 Å². The summed E-state index contributed by atoms with van der Waals surface area (Å²) in [7, 11) is 0. The van der Waals surface area contributed by atoms with Gasteiger partial charge in [-0.2, -0.15) is 22.8 Å². The molecular weight excluding hydrogens is 381 g/mol. The molecule has 8 nitrogen and oxygen atoms in total. The molecule has 27 heavy (non-hydrogen) atoms. The minimum atomic E-state index is -4.63. The van der Waals surface area contributed by atoms with Crippen LogP contribution in [-0.4, -0.2) is 41.1 Å². The van der Waals surface area contributed by atoms with Crippen LogP contribution in [0, 0.1) is 18.6 Å². The molecule has 4 rings (SSSR count). The van der Waals surface area contributed by atoms with Crippen molar-refractivity contribution >= 4 is 23.7 Å². The standard InChI is InChI=1S/C15H17F3N8S/c1-7-8(2)11-20-22-13(15(16,17)18)26(11)24-10(7)19-5-6-25-12(9-3-4-9)21-23-14(25)27/h9H,3-6H2,1-2H3,(H,19,24)(H,23,27). The lowest BCUT2D eigenvalue weighted by Crippen LogP contribution is -2.17. The van der Waals surface area contributed by atoms with Crippen molar-refractivity contribution in [2.75, 3.05) is 11.9 Å². The van der Waals surface area contributed by atoms with Gasteiger partial charge in [-0.05, 0) is 44.5 Å². The number of aromatic amines is 1. The van der Waals surface area contributed by atoms with Crippen LogP contribution in [0.3, 0.4) is 0 Å². The van der Waals surface area contributed by atoms with Crippen LogP contribution >= 0.6 is 12.2 Å². The van der Waals surface area contributed by atoms with Crippen LogP contribution in [0.4, 0.5) is 19.0 Å². The summed E-state index contributed by atoms with van der Waals surface area (Å²) >= 11 is 5.26. The molecule has 1 fully saturated rings. The van der Waals surface area contributed by atoms with Gasteiger partial charge in [-0.25, -0.2) is 0 Å². The predicted molar refractivity (Wildman–Crippen MR) is 93.1 cm³/mol. The average Bonchev–Trinajstić information content (AvgIpc) is 3.24. The molecular formula is C15H17F3N8S. The second-order valence-corrected chi connectivity index (χ2v) is 6.98. The minimum absolute atomic E-state index is 0.0958. The first kappa shape index (κ1) is 17.9. The van der Waals surface area contributed by atoms with E-state index in [-0.39, 0.29) is 5.65 Å². The molecule has 0 unspecified atom stereocenters. The molecule has 1 saturated carbocycles. The van der Waals surface area contributed by atoms with Gasteiger partial charge in [0.1, 0.15) is 11.6 Å². The van der Waals surface area contributed by atoms with E-state index in [0.29, 0.717) is 35.2 Å². The number of rotatable bonds is 5. The van der Waals surface area contributed by atoms with Gasteiger partial charge in [0, 0.05) is 24.6 Å². The van der Waals surface area contributed by atoms with Gasteiger partial charge in [0.25, 0.3) is 5.82 Å². The number of alkyl halides is 3. The number of halogens is 3. The highest BCUT2D eigenvalue weighted by atomic mass is 32.1. The van der Waals surface area contributed by atoms with E-state index in [1.165, 1.54) is 0 Å². The Hall–Kier alpha value is -2.50. The molecule has 0 amide bonds. The molecule has 0 saturated heterocycles. The van der Waals surface area contributed by atoms with Crippen LogP contribution in [0.25, 0.3) is 5.65 Å². The Balaban J connectivity index is 1.60. The third-order valence-electron chi connectivity index (χ3n) is 4.71. The van der Waals surface area contributed by atoms with Gasteiger partial charge in [-0.15, -0.1) is 15.3 Å². The van der Waals surface area contributed by atoms with Crippen LogP contribution in [0.15, 0.2) is 0 Å². The van der Waals surface area contributed by atoms with Gasteiger partial charge >= 0.3 is 6.18 Å². The quantitative estimate of drug-likeness (QED) is 0.643. The fourth-order valence-electron chi connectivity index (χ4n) is 2.96. The van der Waals surface area contributed by atoms with Gasteiger partial charge < -0.3 is 9.88 Å². The summed E-state index contributed by atoms with van der Waals surface area (Å²) in [5.41, 5.74) is 1.41. The van der Waals surface area contributed by atoms with E-state index in [2.05, 4.69) is 30.8 Å². The Morgan fingerprint density at radius 1 is 1.22 bits per heavy atom. The van der Waals surface area contributed by atoms with E-state index >= 15 is 0 Å². The van der Waals surface area contributed by atoms with Crippen molar-refractivity contribution in [2.45, 2.75) is 45.3 Å². The smallest absolute Gasteiger partial charge is 0.367 e. The topological polar surface area (TPSA) is 88.7 Å². The number of H-pyrrole nitrogens is 1. The molecule has 12 heteroatoms. The van der Waals surface area contributed by atoms with E-state index in [1.54, 1.807) is 13.8 Å². The third-order valence-corrected chi connectivity index (χ3v) is 5.02. The SMILES string of the molecule is Cc1c(NCCn2c(C3CC3)n[nH]c2=S)nn2c(C(F)(F)F)nnc2c1C. The minimum Gasteiger partial charge on any atom is -0.367 e. The molecule has 3 aromatic rings. The first-order valence-electron chi connectivity index (χ1n) is 8.46. The number of nitrogens with one attached hydrogen (secondary N) is 2. The normalized spacial score (nSPS) is 14.9. The molecule has 1 aliphatic carbocycles. The zero-order valence-electron chi connectivity index (χ0n) is 14.6. The van der Waals surface area contributed by atoms with Gasteiger partial charge in [0.05, 0.1) is 0 Å². The lowest BCUT2D eigenvalue weighted by Gasteiger charge is -2.13. The van der Waals surface area contributed by atoms with Crippen molar-refractivity contribution in [3.63, 3.8) is 0 Å². The van der Waals surface area contributed by atoms with Crippen molar-refractivity contribution in [3.05, 3.63) is 27.5 Å². The highest BCUT2D eigenvalue weighted by Crippen LogP contribution is 2.38. The number of nitrogens with zero attached hydrogens (tertiary/aromatic N) is 6. The van der Waals surface area contributed by atoms with Gasteiger partial charge in [-0.3, -0.25) is 5.10 Å². The van der Waals surface area contributed by atoms with E-state index in [4.69, 9.17) is 12.2 Å². The second kappa shape index (κ2) is 6.29. The van der Waals surface area contributed by atoms with Crippen molar-refractivity contribution in [2.24, 2.45) is 0 Å². The zero-order chi connectivity index (χ0) is 19.3. The fraction of sp³-hybridized carbons (Fsp3) is 0.533. The van der Waals surface area contributed by atoms with E-state index in [9.17, 15) is 13.2 Å². The molecule has 144 valence electrons. The summed E-state index contributed by atoms with van der Waals surface area (Å²) in [6, 6.07) is 0. The maximum Gasteiger partial charge on any atom is 0.453 e. The summed E-state index contributed by atoms with van der Waals surface area (Å²) < 4.78 is 42.5. The van der Waals surface area contributed by atoms with Crippen molar-refractivity contribution in [1.29, 1.82) is 0 Å². The molecule has 3 aromatic heterocycles. The summed E-state index contributed by atoms with van der Waals surface area (Å²) in [5, 5.41) is 21.1. The van der Waals surface area contributed by atoms with Crippen LogP contribution in [0.5, 0.6) is 0 Å². The van der Waals surface area contributed by atoms with Crippen LogP contribution in [0.2, 0.25) is 0 Å². The number of fused-ring (bicyclic) bond motifs is 1. The summed E-state index contributed by atoms with van der Waals surface area (Å²) in [6.07, 6.45) is -2.44. The highest BCUT2D eigenvalue weighted by molar-refractivity contribution is 7.71. The fourth-order valence-corrected chi connectivity index (χ4v) is 3.19. The Labute approximate surface area is 156 Å². The first-order valence-corrected chi connectivity index (χ1v) is 8.87. The molecule has 0 aliphatic heterocycles. The summed E-state index contributed by atoms with van der Waals surface area (Å²) in [5.74, 6) is 0.573. The molecule has 0 spiro atoms. The van der Waals surface area contributed by atoms with Crippen LogP contribution < -0.4 is 5.32 Å². The second-order valence-electron chi connectivity index (χ2n) is 6.60. The number of aromatic nitrogens is 7. The zero-order valence-corrected chi connectivity index (χ0v) is 15.4. The highest BCUT2D eigenvalue weighted by Gasteiger charge is 2.38. The molecule has 0 bridgehead atoms. The summed E-state index contributed by atoms with van der Waals surface area (Å²) in [4.78, 5) is 0. The molecule has 0 radical (unpaired) electrons. The number of hydrogen-bond donors (Lipinski definition) is 2. The van der Waals surface area contributed by atoms with E-state index in [1.807, 2.05) is 4.57 Å². The van der Waals surface area contributed by atoms with Crippen molar-refractivity contribution in [3.8, 4) is 0 Å². The van der Waals surface area contributed by atoms with Crippen LogP contribution in [0.1, 0.15) is 41.5 Å². The molecule has 3 heterocycles. The molecule has 0 aromatic carbocycles. The Morgan fingerprint density at radius 3 is 2.63 bits per heavy atom. The number of anilines is 1. The van der Waals surface area contributed by atoms with Gasteiger partial charge in [-0.1, -0.05) is 0 Å². The maximum atomic E-state index is 13.1. The Kier molecular flexibility index (Phi) is 4.17. The largest absolute Gasteiger partial charge is 0.453 e. The van der Waals surface area contributed by atoms with Gasteiger partial charge in [0.2, 0.25) is 0 Å². The average molecular weight is 398 g/mol. The Morgan fingerprint density at radius 2 is 1.96 bits per heavy atom. The van der Waals surface area contributed by atoms with E-state index < -0.39 is 12.0 Å². The lowest BCUT2D eigenvalue weighted by molar-refractivity contribution is -0.146. The van der Waals surface area contributed by atoms with Gasteiger partial charge in [0.15, 0.2) is 10.4 Å². The third kappa shape index (κ3) is 3.17. The number of hydrogen-bond acceptors (Lipinski definition) is 6. The first-order chi connectivity index (χ1) is 12.8. The Bertz CT molecular complexity index is 1060. The predicted octanol–water partition coefficient (Wildman–Crippen LogP) is 3.00. The van der Waals surface area contributed by atoms with E-state index in [0.717, 1.165) is 28.7 Å². The molecule has 2 N–H and O–H groups in total. The molecule has 0 atom stereocenters. The van der Waals surface area contributed by atoms with Crippen molar-refractivity contribution in [1.82, 2.24) is 34.6 Å². The summed E-state index contributed by atoms with van der Waals surface area (Å²) in [6.45, 7) is 4.46. The molecule has 1 aliphatic rings. The van der Waals surface area contributed by atoms with Crippen molar-refractivity contribution < 1.29 is 13.2 Å². The maximum absolute atomic E-state index is 13.1. The monoisotopic (exact) mass is 398 g/mol. The number of aryl methyl sites for hydroxylation is 1. The lowest BCUT2D eigenvalue weighted by atomic mass is 10.2.